The van der Waals surface area contributed by atoms with Crippen LogP contribution in [0.5, 0.6) is 0 Å². The summed E-state index contributed by atoms with van der Waals surface area (Å²) in [6.07, 6.45) is 0.589. The zero-order valence-corrected chi connectivity index (χ0v) is 13.6. The van der Waals surface area contributed by atoms with E-state index in [1.54, 1.807) is 0 Å². The molecule has 2 aliphatic heterocycles. The summed E-state index contributed by atoms with van der Waals surface area (Å²) in [5, 5.41) is 2.97. The summed E-state index contributed by atoms with van der Waals surface area (Å²) >= 11 is 0. The third-order valence-electron chi connectivity index (χ3n) is 3.58. The monoisotopic (exact) mass is 314 g/mol. The van der Waals surface area contributed by atoms with Gasteiger partial charge in [-0.25, -0.2) is 4.79 Å². The van der Waals surface area contributed by atoms with Crippen molar-refractivity contribution in [3.05, 3.63) is 0 Å². The molecule has 0 aromatic rings. The molecule has 0 aliphatic carbocycles. The highest BCUT2D eigenvalue weighted by atomic mass is 16.6. The average molecular weight is 314 g/mol. The first-order chi connectivity index (χ1) is 10.3. The Morgan fingerprint density at radius 2 is 1.86 bits per heavy atom. The van der Waals surface area contributed by atoms with Crippen LogP contribution in [0.3, 0.4) is 0 Å². The molecule has 126 valence electrons. The maximum atomic E-state index is 12.3. The Bertz CT molecular complexity index is 401. The maximum Gasteiger partial charge on any atom is 0.410 e. The third kappa shape index (κ3) is 5.14. The van der Waals surface area contributed by atoms with Crippen molar-refractivity contribution in [3.63, 3.8) is 0 Å². The molecule has 0 saturated carbocycles. The van der Waals surface area contributed by atoms with Crippen LogP contribution in [0, 0.1) is 0 Å². The zero-order chi connectivity index (χ0) is 16.2. The van der Waals surface area contributed by atoms with Gasteiger partial charge >= 0.3 is 6.09 Å². The van der Waals surface area contributed by atoms with Crippen molar-refractivity contribution in [1.29, 1.82) is 0 Å². The van der Waals surface area contributed by atoms with Gasteiger partial charge in [0, 0.05) is 25.8 Å². The van der Waals surface area contributed by atoms with Crippen LogP contribution in [-0.2, 0) is 19.0 Å². The largest absolute Gasteiger partial charge is 0.444 e. The molecule has 2 heterocycles. The molecular formula is C15H26N2O5. The van der Waals surface area contributed by atoms with Crippen LogP contribution >= 0.6 is 0 Å². The lowest BCUT2D eigenvalue weighted by molar-refractivity contribution is -0.139. The molecule has 7 heteroatoms. The van der Waals surface area contributed by atoms with Crippen molar-refractivity contribution >= 4 is 12.0 Å². The van der Waals surface area contributed by atoms with Crippen molar-refractivity contribution in [2.45, 2.75) is 51.4 Å². The van der Waals surface area contributed by atoms with Crippen molar-refractivity contribution in [2.75, 3.05) is 32.9 Å². The first kappa shape index (κ1) is 17.0. The lowest BCUT2D eigenvalue weighted by atomic mass is 10.1. The van der Waals surface area contributed by atoms with Gasteiger partial charge in [-0.1, -0.05) is 0 Å². The molecule has 0 bridgehead atoms. The molecule has 2 rings (SSSR count). The molecular weight excluding hydrogens is 288 g/mol. The van der Waals surface area contributed by atoms with E-state index in [4.69, 9.17) is 14.2 Å². The number of rotatable bonds is 2. The minimum Gasteiger partial charge on any atom is -0.444 e. The van der Waals surface area contributed by atoms with Crippen molar-refractivity contribution in [3.8, 4) is 0 Å². The molecule has 2 aliphatic rings. The Labute approximate surface area is 131 Å². The van der Waals surface area contributed by atoms with Gasteiger partial charge in [-0.05, 0) is 33.6 Å². The van der Waals surface area contributed by atoms with Crippen molar-refractivity contribution in [1.82, 2.24) is 10.2 Å². The summed E-state index contributed by atoms with van der Waals surface area (Å²) in [6, 6.07) is 0.127. The summed E-state index contributed by atoms with van der Waals surface area (Å²) in [6.45, 7) is 7.80. The van der Waals surface area contributed by atoms with Crippen LogP contribution < -0.4 is 5.32 Å². The van der Waals surface area contributed by atoms with E-state index in [1.807, 2.05) is 20.8 Å². The molecule has 2 saturated heterocycles. The molecule has 22 heavy (non-hydrogen) atoms. The van der Waals surface area contributed by atoms with E-state index >= 15 is 0 Å². The number of carbonyl (C=O) groups is 2. The minimum atomic E-state index is -0.635. The molecule has 2 fully saturated rings. The van der Waals surface area contributed by atoms with Gasteiger partial charge in [0.1, 0.15) is 5.60 Å². The smallest absolute Gasteiger partial charge is 0.410 e. The molecule has 1 N–H and O–H groups in total. The van der Waals surface area contributed by atoms with E-state index < -0.39 is 17.8 Å². The van der Waals surface area contributed by atoms with Gasteiger partial charge in [0.05, 0.1) is 13.2 Å². The number of nitrogens with one attached hydrogen (secondary N) is 1. The average Bonchev–Trinajstić information content (AvgIpc) is 2.46. The SMILES string of the molecule is CC(C)(C)OC(=O)N1CCOC(C(=O)NC2CCOCC2)C1. The number of ether oxygens (including phenoxy) is 3. The Hall–Kier alpha value is -1.34. The maximum absolute atomic E-state index is 12.3. The molecule has 0 aromatic carbocycles. The van der Waals surface area contributed by atoms with Gasteiger partial charge in [0.15, 0.2) is 6.10 Å². The highest BCUT2D eigenvalue weighted by Crippen LogP contribution is 2.14. The summed E-state index contributed by atoms with van der Waals surface area (Å²) < 4.78 is 16.1. The van der Waals surface area contributed by atoms with E-state index in [1.165, 1.54) is 4.90 Å². The normalized spacial score (nSPS) is 24.0. The van der Waals surface area contributed by atoms with E-state index in [-0.39, 0.29) is 18.5 Å². The summed E-state index contributed by atoms with van der Waals surface area (Å²) in [5.41, 5.74) is -0.546. The van der Waals surface area contributed by atoms with Crippen LogP contribution in [0.1, 0.15) is 33.6 Å². The van der Waals surface area contributed by atoms with Gasteiger partial charge in [0.25, 0.3) is 5.91 Å². The second-order valence-corrected chi connectivity index (χ2v) is 6.68. The quantitative estimate of drug-likeness (QED) is 0.820. The van der Waals surface area contributed by atoms with Crippen LogP contribution in [0.2, 0.25) is 0 Å². The topological polar surface area (TPSA) is 77.1 Å². The van der Waals surface area contributed by atoms with Gasteiger partial charge in [-0.2, -0.15) is 0 Å². The van der Waals surface area contributed by atoms with Crippen LogP contribution in [0.4, 0.5) is 4.79 Å². The van der Waals surface area contributed by atoms with Gasteiger partial charge in [-0.3, -0.25) is 4.79 Å². The highest BCUT2D eigenvalue weighted by molar-refractivity contribution is 5.82. The molecule has 1 unspecified atom stereocenters. The fourth-order valence-electron chi connectivity index (χ4n) is 2.44. The summed E-state index contributed by atoms with van der Waals surface area (Å²) in [5.74, 6) is -0.167. The Balaban J connectivity index is 1.84. The van der Waals surface area contributed by atoms with Crippen LogP contribution in [0.15, 0.2) is 0 Å². The first-order valence-electron chi connectivity index (χ1n) is 7.83. The molecule has 0 spiro atoms. The van der Waals surface area contributed by atoms with Gasteiger partial charge in [0.2, 0.25) is 0 Å². The van der Waals surface area contributed by atoms with E-state index in [9.17, 15) is 9.59 Å². The van der Waals surface area contributed by atoms with E-state index in [2.05, 4.69) is 5.32 Å². The first-order valence-corrected chi connectivity index (χ1v) is 7.83. The number of nitrogens with zero attached hydrogens (tertiary/aromatic N) is 1. The lowest BCUT2D eigenvalue weighted by Crippen LogP contribution is -2.54. The third-order valence-corrected chi connectivity index (χ3v) is 3.58. The van der Waals surface area contributed by atoms with E-state index in [0.717, 1.165) is 12.8 Å². The van der Waals surface area contributed by atoms with Crippen LogP contribution in [0.25, 0.3) is 0 Å². The molecule has 0 radical (unpaired) electrons. The van der Waals surface area contributed by atoms with Gasteiger partial charge < -0.3 is 24.4 Å². The molecule has 0 aromatic heterocycles. The second kappa shape index (κ2) is 7.28. The Morgan fingerprint density at radius 1 is 1.18 bits per heavy atom. The van der Waals surface area contributed by atoms with Crippen molar-refractivity contribution in [2.24, 2.45) is 0 Å². The number of morpholine rings is 1. The molecule has 1 atom stereocenters. The predicted octanol–water partition coefficient (Wildman–Crippen LogP) is 0.917. The fourth-order valence-corrected chi connectivity index (χ4v) is 2.44. The Morgan fingerprint density at radius 3 is 2.50 bits per heavy atom. The summed E-state index contributed by atoms with van der Waals surface area (Å²) in [4.78, 5) is 25.9. The van der Waals surface area contributed by atoms with Crippen molar-refractivity contribution < 1.29 is 23.8 Å². The zero-order valence-electron chi connectivity index (χ0n) is 13.6. The Kier molecular flexibility index (Phi) is 5.63. The number of hydrogen-bond donors (Lipinski definition) is 1. The second-order valence-electron chi connectivity index (χ2n) is 6.68. The minimum absolute atomic E-state index is 0.127. The van der Waals surface area contributed by atoms with E-state index in [0.29, 0.717) is 26.4 Å². The molecule has 7 nitrogen and oxygen atoms in total. The highest BCUT2D eigenvalue weighted by Gasteiger charge is 2.32. The number of carbonyl (C=O) groups excluding carboxylic acids is 2. The fraction of sp³-hybridized carbons (Fsp3) is 0.867. The lowest BCUT2D eigenvalue weighted by Gasteiger charge is -2.34. The molecule has 2 amide bonds. The standard InChI is InChI=1S/C15H26N2O5/c1-15(2,3)22-14(19)17-6-9-21-12(10-17)13(18)16-11-4-7-20-8-5-11/h11-12H,4-10H2,1-3H3,(H,16,18). The van der Waals surface area contributed by atoms with Gasteiger partial charge in [-0.15, -0.1) is 0 Å². The van der Waals surface area contributed by atoms with Crippen LogP contribution in [-0.4, -0.2) is 67.6 Å². The summed E-state index contributed by atoms with van der Waals surface area (Å²) in [7, 11) is 0. The predicted molar refractivity (Wildman–Crippen MR) is 79.5 cm³/mol. The number of amides is 2. The number of hydrogen-bond acceptors (Lipinski definition) is 5.